The highest BCUT2D eigenvalue weighted by Crippen LogP contribution is 2.03. The Balaban J connectivity index is 0. The van der Waals surface area contributed by atoms with E-state index < -0.39 is 0 Å². The van der Waals surface area contributed by atoms with Crippen LogP contribution >= 0.6 is 0 Å². The number of hydrogen-bond acceptors (Lipinski definition) is 2. The van der Waals surface area contributed by atoms with Crippen LogP contribution in [0.2, 0.25) is 0 Å². The fourth-order valence-electron chi connectivity index (χ4n) is 1.86. The van der Waals surface area contributed by atoms with E-state index in [0.29, 0.717) is 0 Å². The fourth-order valence-corrected chi connectivity index (χ4v) is 1.86. The van der Waals surface area contributed by atoms with Crippen LogP contribution in [0.25, 0.3) is 0 Å². The first-order valence-electron chi connectivity index (χ1n) is 8.87. The lowest BCUT2D eigenvalue weighted by Crippen LogP contribution is -1.74. The van der Waals surface area contributed by atoms with E-state index in [0.717, 1.165) is 38.5 Å². The zero-order valence-electron chi connectivity index (χ0n) is 14.7. The lowest BCUT2D eigenvalue weighted by Gasteiger charge is -1.92. The van der Waals surface area contributed by atoms with E-state index in [1.165, 1.54) is 38.5 Å². The molecule has 0 atom stereocenters. The number of nitrogens with zero attached hydrogens (tertiary/aromatic N) is 2. The van der Waals surface area contributed by atoms with E-state index in [1.807, 2.05) is 0 Å². The standard InChI is InChI=1S/2C10H17N/c2*1-2-3-4-5-6-7-8-9-10-11/h2*3-4H,2,5-9H2,1H3. The topological polar surface area (TPSA) is 47.6 Å². The molecule has 2 heteroatoms. The van der Waals surface area contributed by atoms with Crippen molar-refractivity contribution in [2.75, 3.05) is 0 Å². The summed E-state index contributed by atoms with van der Waals surface area (Å²) in [6, 6.07) is 4.30. The first-order valence-corrected chi connectivity index (χ1v) is 8.87. The van der Waals surface area contributed by atoms with Crippen molar-refractivity contribution in [3.05, 3.63) is 24.3 Å². The molecular formula is C20H34N2. The van der Waals surface area contributed by atoms with Gasteiger partial charge in [-0.05, 0) is 51.4 Å². The van der Waals surface area contributed by atoms with Gasteiger partial charge in [-0.2, -0.15) is 10.5 Å². The highest BCUT2D eigenvalue weighted by molar-refractivity contribution is 4.80. The van der Waals surface area contributed by atoms with Crippen LogP contribution in [0.5, 0.6) is 0 Å². The quantitative estimate of drug-likeness (QED) is 0.292. The maximum absolute atomic E-state index is 8.24. The van der Waals surface area contributed by atoms with Crippen LogP contribution in [-0.4, -0.2) is 0 Å². The molecule has 0 aromatic rings. The van der Waals surface area contributed by atoms with Crippen LogP contribution in [0.15, 0.2) is 24.3 Å². The summed E-state index contributed by atoms with van der Waals surface area (Å²) >= 11 is 0. The molecule has 0 bridgehead atoms. The molecule has 124 valence electrons. The lowest BCUT2D eigenvalue weighted by atomic mass is 10.1. The van der Waals surface area contributed by atoms with Gasteiger partial charge in [-0.15, -0.1) is 0 Å². The molecule has 0 aliphatic carbocycles. The van der Waals surface area contributed by atoms with E-state index in [1.54, 1.807) is 0 Å². The smallest absolute Gasteiger partial charge is 0.0621 e. The Kier molecular flexibility index (Phi) is 25.3. The number of nitriles is 2. The molecule has 0 aromatic heterocycles. The number of rotatable bonds is 12. The molecule has 0 unspecified atom stereocenters. The van der Waals surface area contributed by atoms with E-state index in [2.05, 4.69) is 50.3 Å². The fraction of sp³-hybridized carbons (Fsp3) is 0.700. The molecule has 22 heavy (non-hydrogen) atoms. The van der Waals surface area contributed by atoms with Gasteiger partial charge in [-0.3, -0.25) is 0 Å². The third-order valence-corrected chi connectivity index (χ3v) is 3.12. The lowest BCUT2D eigenvalue weighted by molar-refractivity contribution is 0.699. The van der Waals surface area contributed by atoms with Gasteiger partial charge in [0.1, 0.15) is 0 Å². The van der Waals surface area contributed by atoms with Crippen molar-refractivity contribution < 1.29 is 0 Å². The van der Waals surface area contributed by atoms with Crippen molar-refractivity contribution in [1.82, 2.24) is 0 Å². The molecule has 0 heterocycles. The van der Waals surface area contributed by atoms with Crippen molar-refractivity contribution in [3.8, 4) is 12.1 Å². The van der Waals surface area contributed by atoms with Crippen molar-refractivity contribution >= 4 is 0 Å². The monoisotopic (exact) mass is 302 g/mol. The summed E-state index contributed by atoms with van der Waals surface area (Å²) in [5.41, 5.74) is 0. The van der Waals surface area contributed by atoms with E-state index >= 15 is 0 Å². The van der Waals surface area contributed by atoms with E-state index in [4.69, 9.17) is 10.5 Å². The van der Waals surface area contributed by atoms with Gasteiger partial charge in [-0.25, -0.2) is 0 Å². The Bertz CT molecular complexity index is 295. The zero-order chi connectivity index (χ0) is 16.7. The molecule has 0 N–H and O–H groups in total. The van der Waals surface area contributed by atoms with Crippen molar-refractivity contribution in [1.29, 1.82) is 10.5 Å². The van der Waals surface area contributed by atoms with Crippen molar-refractivity contribution in [3.63, 3.8) is 0 Å². The minimum Gasteiger partial charge on any atom is -0.198 e. The van der Waals surface area contributed by atoms with Crippen LogP contribution in [0.4, 0.5) is 0 Å². The first-order chi connectivity index (χ1) is 10.8. The van der Waals surface area contributed by atoms with Gasteiger partial charge < -0.3 is 0 Å². The molecule has 2 nitrogen and oxygen atoms in total. The third-order valence-electron chi connectivity index (χ3n) is 3.12. The summed E-state index contributed by atoms with van der Waals surface area (Å²) in [6.07, 6.45) is 21.9. The van der Waals surface area contributed by atoms with Gasteiger partial charge in [0.05, 0.1) is 12.1 Å². The normalized spacial score (nSPS) is 10.2. The Morgan fingerprint density at radius 1 is 0.591 bits per heavy atom. The average molecular weight is 303 g/mol. The van der Waals surface area contributed by atoms with Gasteiger partial charge in [0, 0.05) is 12.8 Å². The zero-order valence-corrected chi connectivity index (χ0v) is 14.7. The van der Waals surface area contributed by atoms with Gasteiger partial charge in [-0.1, -0.05) is 51.0 Å². The van der Waals surface area contributed by atoms with Gasteiger partial charge in [0.2, 0.25) is 0 Å². The largest absolute Gasteiger partial charge is 0.198 e. The molecule has 0 aliphatic rings. The van der Waals surface area contributed by atoms with Crippen molar-refractivity contribution in [2.45, 2.75) is 90.9 Å². The second-order valence-electron chi connectivity index (χ2n) is 5.27. The number of hydrogen-bond donors (Lipinski definition) is 0. The van der Waals surface area contributed by atoms with Crippen LogP contribution < -0.4 is 0 Å². The van der Waals surface area contributed by atoms with E-state index in [-0.39, 0.29) is 0 Å². The molecule has 0 saturated heterocycles. The minimum absolute atomic E-state index is 0.720. The Morgan fingerprint density at radius 2 is 1.00 bits per heavy atom. The first kappa shape index (κ1) is 22.7. The van der Waals surface area contributed by atoms with Crippen LogP contribution in [-0.2, 0) is 0 Å². The van der Waals surface area contributed by atoms with Crippen molar-refractivity contribution in [2.24, 2.45) is 0 Å². The maximum Gasteiger partial charge on any atom is 0.0621 e. The number of unbranched alkanes of at least 4 members (excludes halogenated alkanes) is 8. The Morgan fingerprint density at radius 3 is 1.32 bits per heavy atom. The summed E-state index contributed by atoms with van der Waals surface area (Å²) in [5.74, 6) is 0. The molecule has 0 aliphatic heterocycles. The highest BCUT2D eigenvalue weighted by atomic mass is 14.2. The summed E-state index contributed by atoms with van der Waals surface area (Å²) in [5, 5.41) is 16.5. The molecule has 0 saturated carbocycles. The van der Waals surface area contributed by atoms with E-state index in [9.17, 15) is 0 Å². The predicted octanol–water partition coefficient (Wildman–Crippen LogP) is 6.85. The summed E-state index contributed by atoms with van der Waals surface area (Å²) in [4.78, 5) is 0. The highest BCUT2D eigenvalue weighted by Gasteiger charge is 1.86. The molecule has 0 fully saturated rings. The minimum atomic E-state index is 0.720. The Labute approximate surface area is 138 Å². The average Bonchev–Trinajstić information content (AvgIpc) is 2.54. The number of allylic oxidation sites excluding steroid dienone is 4. The second-order valence-corrected chi connectivity index (χ2v) is 5.27. The van der Waals surface area contributed by atoms with Crippen LogP contribution in [0.1, 0.15) is 90.9 Å². The van der Waals surface area contributed by atoms with Gasteiger partial charge in [0.15, 0.2) is 0 Å². The predicted molar refractivity (Wildman–Crippen MR) is 96.3 cm³/mol. The third kappa shape index (κ3) is 26.9. The summed E-state index contributed by atoms with van der Waals surface area (Å²) < 4.78 is 0. The van der Waals surface area contributed by atoms with Gasteiger partial charge in [0.25, 0.3) is 0 Å². The molecule has 0 radical (unpaired) electrons. The molecular weight excluding hydrogens is 268 g/mol. The molecule has 0 aromatic carbocycles. The molecule has 0 spiro atoms. The summed E-state index contributed by atoms with van der Waals surface area (Å²) in [6.45, 7) is 4.29. The van der Waals surface area contributed by atoms with Crippen LogP contribution in [0, 0.1) is 22.7 Å². The second kappa shape index (κ2) is 24.5. The SMILES string of the molecule is CCC=CCCCCCC#N.CCC=CCCCCCC#N. The molecule has 0 rings (SSSR count). The summed E-state index contributed by atoms with van der Waals surface area (Å²) in [7, 11) is 0. The van der Waals surface area contributed by atoms with Gasteiger partial charge >= 0.3 is 0 Å². The Hall–Kier alpha value is -1.54. The molecule has 0 amide bonds. The van der Waals surface area contributed by atoms with Crippen LogP contribution in [0.3, 0.4) is 0 Å². The maximum atomic E-state index is 8.24.